The van der Waals surface area contributed by atoms with Crippen LogP contribution in [0.2, 0.25) is 0 Å². The van der Waals surface area contributed by atoms with E-state index in [2.05, 4.69) is 31.3 Å². The van der Waals surface area contributed by atoms with Crippen LogP contribution in [0.25, 0.3) is 0 Å². The molecule has 1 fully saturated rings. The Hall–Kier alpha value is 0.01000. The lowest BCUT2D eigenvalue weighted by molar-refractivity contribution is 0.515. The normalized spacial score (nSPS) is 29.1. The monoisotopic (exact) mass is 213 g/mol. The molecule has 1 saturated heterocycles. The molecule has 0 radical (unpaired) electrons. The van der Waals surface area contributed by atoms with Gasteiger partial charge in [-0.05, 0) is 38.2 Å². The highest BCUT2D eigenvalue weighted by atomic mass is 32.2. The van der Waals surface area contributed by atoms with Crippen molar-refractivity contribution in [3.05, 3.63) is 21.9 Å². The van der Waals surface area contributed by atoms with Gasteiger partial charge in [-0.15, -0.1) is 23.1 Å². The van der Waals surface area contributed by atoms with Gasteiger partial charge in [-0.25, -0.2) is 0 Å². The lowest BCUT2D eigenvalue weighted by Crippen LogP contribution is -2.33. The van der Waals surface area contributed by atoms with Crippen LogP contribution in [-0.4, -0.2) is 11.8 Å². The molecule has 0 saturated carbocycles. The van der Waals surface area contributed by atoms with E-state index >= 15 is 0 Å². The van der Waals surface area contributed by atoms with Gasteiger partial charge in [0.15, 0.2) is 0 Å². The highest BCUT2D eigenvalue weighted by Gasteiger charge is 2.20. The first-order valence-corrected chi connectivity index (χ1v) is 6.56. The number of aryl methyl sites for hydroxylation is 1. The zero-order valence-corrected chi connectivity index (χ0v) is 9.67. The first kappa shape index (κ1) is 9.56. The minimum atomic E-state index is 0.544. The van der Waals surface area contributed by atoms with E-state index in [4.69, 9.17) is 0 Å². The van der Waals surface area contributed by atoms with E-state index in [1.165, 1.54) is 21.9 Å². The Morgan fingerprint density at radius 1 is 1.46 bits per heavy atom. The fraction of sp³-hybridized carbons (Fsp3) is 0.600. The molecule has 0 aliphatic carbocycles. The summed E-state index contributed by atoms with van der Waals surface area (Å²) >= 11 is 3.95. The average Bonchev–Trinajstić information content (AvgIpc) is 2.52. The van der Waals surface area contributed by atoms with Crippen LogP contribution in [0, 0.1) is 6.92 Å². The smallest absolute Gasteiger partial charge is 0.0884 e. The largest absolute Gasteiger partial charge is 0.298 e. The Kier molecular flexibility index (Phi) is 2.96. The average molecular weight is 213 g/mol. The fourth-order valence-corrected chi connectivity index (χ4v) is 3.98. The highest BCUT2D eigenvalue weighted by molar-refractivity contribution is 7.99. The van der Waals surface area contributed by atoms with E-state index in [9.17, 15) is 0 Å². The third kappa shape index (κ3) is 2.27. The van der Waals surface area contributed by atoms with Crippen molar-refractivity contribution in [2.24, 2.45) is 0 Å². The molecule has 0 amide bonds. The summed E-state index contributed by atoms with van der Waals surface area (Å²) < 4.78 is 0. The topological polar surface area (TPSA) is 12.0 Å². The van der Waals surface area contributed by atoms with Crippen LogP contribution in [0.1, 0.15) is 28.5 Å². The maximum atomic E-state index is 3.62. The Bertz CT molecular complexity index is 282. The zero-order chi connectivity index (χ0) is 9.26. The standard InChI is InChI=1S/C10H15NS2/c1-7-5-6-12-10(11-7)9-4-3-8(2)13-9/h3-4,7,10-11H,5-6H2,1-2H3. The van der Waals surface area contributed by atoms with Crippen molar-refractivity contribution in [1.82, 2.24) is 5.32 Å². The molecule has 2 atom stereocenters. The van der Waals surface area contributed by atoms with Gasteiger partial charge in [-0.1, -0.05) is 0 Å². The van der Waals surface area contributed by atoms with Gasteiger partial charge in [-0.2, -0.15) is 0 Å². The van der Waals surface area contributed by atoms with E-state index in [-0.39, 0.29) is 0 Å². The van der Waals surface area contributed by atoms with Gasteiger partial charge in [0.25, 0.3) is 0 Å². The van der Waals surface area contributed by atoms with E-state index < -0.39 is 0 Å². The Morgan fingerprint density at radius 3 is 2.92 bits per heavy atom. The van der Waals surface area contributed by atoms with Crippen LogP contribution in [0.3, 0.4) is 0 Å². The van der Waals surface area contributed by atoms with Crippen LogP contribution in [0.4, 0.5) is 0 Å². The molecule has 1 N–H and O–H groups in total. The molecular weight excluding hydrogens is 198 g/mol. The molecule has 2 unspecified atom stereocenters. The first-order valence-electron chi connectivity index (χ1n) is 4.69. The van der Waals surface area contributed by atoms with Crippen molar-refractivity contribution in [2.75, 3.05) is 5.75 Å². The van der Waals surface area contributed by atoms with Gasteiger partial charge >= 0.3 is 0 Å². The quantitative estimate of drug-likeness (QED) is 0.769. The van der Waals surface area contributed by atoms with Crippen molar-refractivity contribution < 1.29 is 0 Å². The summed E-state index contributed by atoms with van der Waals surface area (Å²) in [6, 6.07) is 5.14. The van der Waals surface area contributed by atoms with Gasteiger partial charge in [0, 0.05) is 15.8 Å². The third-order valence-electron chi connectivity index (χ3n) is 2.29. The molecule has 0 bridgehead atoms. The van der Waals surface area contributed by atoms with Crippen LogP contribution >= 0.6 is 23.1 Å². The summed E-state index contributed by atoms with van der Waals surface area (Å²) in [6.45, 7) is 4.44. The molecule has 2 heterocycles. The van der Waals surface area contributed by atoms with Gasteiger partial charge in [0.1, 0.15) is 0 Å². The fourth-order valence-electron chi connectivity index (χ4n) is 1.51. The molecule has 1 nitrogen and oxygen atoms in total. The molecule has 0 spiro atoms. The van der Waals surface area contributed by atoms with Crippen molar-refractivity contribution in [3.8, 4) is 0 Å². The Labute approximate surface area is 87.9 Å². The molecule has 2 rings (SSSR count). The zero-order valence-electron chi connectivity index (χ0n) is 8.04. The van der Waals surface area contributed by atoms with Crippen molar-refractivity contribution in [3.63, 3.8) is 0 Å². The number of hydrogen-bond donors (Lipinski definition) is 1. The molecule has 1 aliphatic rings. The second-order valence-corrected chi connectivity index (χ2v) is 6.09. The predicted molar refractivity (Wildman–Crippen MR) is 61.5 cm³/mol. The molecule has 0 aromatic carbocycles. The lowest BCUT2D eigenvalue weighted by Gasteiger charge is -2.27. The maximum absolute atomic E-state index is 3.62. The SMILES string of the molecule is Cc1ccc(C2NC(C)CCS2)s1. The summed E-state index contributed by atoms with van der Waals surface area (Å²) in [5, 5.41) is 4.16. The lowest BCUT2D eigenvalue weighted by atomic mass is 10.2. The Balaban J connectivity index is 2.08. The summed E-state index contributed by atoms with van der Waals surface area (Å²) in [5.41, 5.74) is 0. The van der Waals surface area contributed by atoms with Crippen LogP contribution in [0.5, 0.6) is 0 Å². The van der Waals surface area contributed by atoms with Gasteiger partial charge in [0.2, 0.25) is 0 Å². The van der Waals surface area contributed by atoms with Gasteiger partial charge < -0.3 is 0 Å². The number of thioether (sulfide) groups is 1. The van der Waals surface area contributed by atoms with Crippen LogP contribution in [-0.2, 0) is 0 Å². The highest BCUT2D eigenvalue weighted by Crippen LogP contribution is 2.35. The number of nitrogens with one attached hydrogen (secondary N) is 1. The molecule has 72 valence electrons. The van der Waals surface area contributed by atoms with E-state index in [1.807, 2.05) is 23.1 Å². The maximum Gasteiger partial charge on any atom is 0.0884 e. The summed E-state index contributed by atoms with van der Waals surface area (Å²) in [4.78, 5) is 2.89. The van der Waals surface area contributed by atoms with E-state index in [0.717, 1.165) is 0 Å². The van der Waals surface area contributed by atoms with E-state index in [1.54, 1.807) is 0 Å². The van der Waals surface area contributed by atoms with Crippen molar-refractivity contribution in [1.29, 1.82) is 0 Å². The summed E-state index contributed by atoms with van der Waals surface area (Å²) in [5.74, 6) is 1.29. The molecule has 13 heavy (non-hydrogen) atoms. The summed E-state index contributed by atoms with van der Waals surface area (Å²) in [6.07, 6.45) is 1.30. The molecule has 1 aliphatic heterocycles. The Morgan fingerprint density at radius 2 is 2.31 bits per heavy atom. The molecule has 1 aromatic rings. The number of rotatable bonds is 1. The minimum Gasteiger partial charge on any atom is -0.298 e. The molecule has 3 heteroatoms. The van der Waals surface area contributed by atoms with Crippen molar-refractivity contribution >= 4 is 23.1 Å². The summed E-state index contributed by atoms with van der Waals surface area (Å²) in [7, 11) is 0. The number of hydrogen-bond acceptors (Lipinski definition) is 3. The molecular formula is C10H15NS2. The van der Waals surface area contributed by atoms with Crippen LogP contribution < -0.4 is 5.32 Å². The minimum absolute atomic E-state index is 0.544. The second-order valence-electron chi connectivity index (χ2n) is 3.56. The second kappa shape index (κ2) is 4.03. The van der Waals surface area contributed by atoms with Crippen molar-refractivity contribution in [2.45, 2.75) is 31.7 Å². The third-order valence-corrected chi connectivity index (χ3v) is 4.70. The van der Waals surface area contributed by atoms with Gasteiger partial charge in [-0.3, -0.25) is 5.32 Å². The van der Waals surface area contributed by atoms with E-state index in [0.29, 0.717) is 11.4 Å². The number of thiophene rings is 1. The first-order chi connectivity index (χ1) is 6.25. The molecule has 1 aromatic heterocycles. The van der Waals surface area contributed by atoms with Gasteiger partial charge in [0.05, 0.1) is 5.37 Å². The predicted octanol–water partition coefficient (Wildman–Crippen LogP) is 3.17. The van der Waals surface area contributed by atoms with Crippen LogP contribution in [0.15, 0.2) is 12.1 Å².